The smallest absolute Gasteiger partial charge is 0.127 e. The van der Waals surface area contributed by atoms with Crippen LogP contribution in [0.2, 0.25) is 0 Å². The van der Waals surface area contributed by atoms with Crippen LogP contribution in [-0.2, 0) is 6.61 Å². The highest BCUT2D eigenvalue weighted by Crippen LogP contribution is 2.29. The van der Waals surface area contributed by atoms with Crippen LogP contribution in [0.4, 0.5) is 0 Å². The van der Waals surface area contributed by atoms with Crippen LogP contribution in [0.1, 0.15) is 18.4 Å². The Bertz CT molecular complexity index is 841. The second kappa shape index (κ2) is 8.24. The average molecular weight is 347 g/mol. The summed E-state index contributed by atoms with van der Waals surface area (Å²) in [6.07, 6.45) is 2.64. The highest BCUT2D eigenvalue weighted by molar-refractivity contribution is 5.89. The first-order chi connectivity index (χ1) is 12.9. The molecule has 3 aromatic carbocycles. The van der Waals surface area contributed by atoms with Crippen molar-refractivity contribution in [3.8, 4) is 11.5 Å². The van der Waals surface area contributed by atoms with E-state index in [1.807, 2.05) is 36.4 Å². The molecular weight excluding hydrogens is 322 g/mol. The molecule has 1 aliphatic rings. The lowest BCUT2D eigenvalue weighted by Gasteiger charge is -2.15. The van der Waals surface area contributed by atoms with Gasteiger partial charge in [-0.25, -0.2) is 0 Å². The number of hydrogen-bond acceptors (Lipinski definition) is 3. The van der Waals surface area contributed by atoms with Gasteiger partial charge in [0.1, 0.15) is 24.7 Å². The minimum Gasteiger partial charge on any atom is -0.492 e. The Balaban J connectivity index is 1.41. The lowest BCUT2D eigenvalue weighted by Crippen LogP contribution is -2.25. The molecule has 0 atom stereocenters. The fraction of sp³-hybridized carbons (Fsp3) is 0.304. The van der Waals surface area contributed by atoms with Crippen LogP contribution in [0.15, 0.2) is 66.7 Å². The van der Waals surface area contributed by atoms with Crippen LogP contribution in [0.25, 0.3) is 10.8 Å². The number of fused-ring (bicyclic) bond motifs is 1. The van der Waals surface area contributed by atoms with Gasteiger partial charge in [0.2, 0.25) is 0 Å². The van der Waals surface area contributed by atoms with Crippen LogP contribution < -0.4 is 9.47 Å². The van der Waals surface area contributed by atoms with Crippen LogP contribution in [0.5, 0.6) is 11.5 Å². The molecule has 3 nitrogen and oxygen atoms in total. The van der Waals surface area contributed by atoms with Gasteiger partial charge in [-0.1, -0.05) is 42.5 Å². The van der Waals surface area contributed by atoms with Crippen molar-refractivity contribution < 1.29 is 9.47 Å². The van der Waals surface area contributed by atoms with Crippen molar-refractivity contribution in [1.29, 1.82) is 0 Å². The molecule has 0 radical (unpaired) electrons. The zero-order valence-electron chi connectivity index (χ0n) is 15.1. The minimum absolute atomic E-state index is 0.577. The molecule has 26 heavy (non-hydrogen) atoms. The van der Waals surface area contributed by atoms with Gasteiger partial charge in [0.05, 0.1) is 0 Å². The van der Waals surface area contributed by atoms with Crippen molar-refractivity contribution in [1.82, 2.24) is 4.90 Å². The van der Waals surface area contributed by atoms with Crippen molar-refractivity contribution in [2.24, 2.45) is 0 Å². The molecule has 3 heteroatoms. The van der Waals surface area contributed by atoms with E-state index in [9.17, 15) is 0 Å². The molecule has 1 saturated heterocycles. The number of nitrogens with zero attached hydrogens (tertiary/aromatic N) is 1. The molecule has 1 heterocycles. The predicted octanol–water partition coefficient (Wildman–Crippen LogP) is 4.89. The lowest BCUT2D eigenvalue weighted by atomic mass is 10.1. The number of benzene rings is 3. The summed E-state index contributed by atoms with van der Waals surface area (Å²) in [6.45, 7) is 4.76. The lowest BCUT2D eigenvalue weighted by molar-refractivity contribution is 0.238. The van der Waals surface area contributed by atoms with Crippen molar-refractivity contribution >= 4 is 10.8 Å². The van der Waals surface area contributed by atoms with Crippen molar-refractivity contribution in [2.45, 2.75) is 19.4 Å². The van der Waals surface area contributed by atoms with E-state index in [2.05, 4.69) is 35.2 Å². The fourth-order valence-corrected chi connectivity index (χ4v) is 3.48. The van der Waals surface area contributed by atoms with Gasteiger partial charge >= 0.3 is 0 Å². The highest BCUT2D eigenvalue weighted by atomic mass is 16.5. The fourth-order valence-electron chi connectivity index (χ4n) is 3.48. The SMILES string of the molecule is c1ccc(COc2cccc3cc(OCCN4CCCC4)ccc23)cc1. The van der Waals surface area contributed by atoms with E-state index in [0.717, 1.165) is 35.4 Å². The summed E-state index contributed by atoms with van der Waals surface area (Å²) < 4.78 is 12.0. The van der Waals surface area contributed by atoms with Crippen LogP contribution in [-0.4, -0.2) is 31.1 Å². The first-order valence-corrected chi connectivity index (χ1v) is 9.43. The maximum atomic E-state index is 6.05. The van der Waals surface area contributed by atoms with E-state index in [1.54, 1.807) is 0 Å². The van der Waals surface area contributed by atoms with Crippen molar-refractivity contribution in [3.63, 3.8) is 0 Å². The Kier molecular flexibility index (Phi) is 5.36. The third-order valence-corrected chi connectivity index (χ3v) is 4.92. The maximum absolute atomic E-state index is 6.05. The molecule has 1 fully saturated rings. The topological polar surface area (TPSA) is 21.7 Å². The third kappa shape index (κ3) is 4.17. The molecule has 0 bridgehead atoms. The minimum atomic E-state index is 0.577. The molecule has 4 rings (SSSR count). The summed E-state index contributed by atoms with van der Waals surface area (Å²) in [5, 5.41) is 2.27. The Morgan fingerprint density at radius 2 is 1.65 bits per heavy atom. The van der Waals surface area contributed by atoms with E-state index in [4.69, 9.17) is 9.47 Å². The molecule has 0 aromatic heterocycles. The number of ether oxygens (including phenoxy) is 2. The highest BCUT2D eigenvalue weighted by Gasteiger charge is 2.11. The largest absolute Gasteiger partial charge is 0.492 e. The summed E-state index contributed by atoms with van der Waals surface area (Å²) in [5.41, 5.74) is 1.17. The molecule has 134 valence electrons. The Morgan fingerprint density at radius 1 is 0.808 bits per heavy atom. The van der Waals surface area contributed by atoms with Crippen molar-refractivity contribution in [3.05, 3.63) is 72.3 Å². The molecule has 3 aromatic rings. The zero-order valence-corrected chi connectivity index (χ0v) is 15.1. The Morgan fingerprint density at radius 3 is 2.50 bits per heavy atom. The molecule has 0 aliphatic carbocycles. The number of hydrogen-bond donors (Lipinski definition) is 0. The van der Waals surface area contributed by atoms with Crippen LogP contribution >= 0.6 is 0 Å². The maximum Gasteiger partial charge on any atom is 0.127 e. The van der Waals surface area contributed by atoms with Gasteiger partial charge in [-0.15, -0.1) is 0 Å². The quantitative estimate of drug-likeness (QED) is 0.607. The molecule has 0 saturated carbocycles. The van der Waals surface area contributed by atoms with E-state index in [1.165, 1.54) is 31.5 Å². The molecule has 0 amide bonds. The van der Waals surface area contributed by atoms with E-state index >= 15 is 0 Å². The first kappa shape index (κ1) is 16.9. The second-order valence-corrected chi connectivity index (χ2v) is 6.81. The Labute approximate surface area is 155 Å². The number of rotatable bonds is 7. The third-order valence-electron chi connectivity index (χ3n) is 4.92. The average Bonchev–Trinajstić information content (AvgIpc) is 3.20. The van der Waals surface area contributed by atoms with Gasteiger partial charge in [0, 0.05) is 11.9 Å². The summed E-state index contributed by atoms with van der Waals surface area (Å²) in [6, 6.07) is 22.7. The van der Waals surface area contributed by atoms with Crippen LogP contribution in [0.3, 0.4) is 0 Å². The van der Waals surface area contributed by atoms with Crippen molar-refractivity contribution in [2.75, 3.05) is 26.2 Å². The second-order valence-electron chi connectivity index (χ2n) is 6.81. The summed E-state index contributed by atoms with van der Waals surface area (Å²) >= 11 is 0. The predicted molar refractivity (Wildman–Crippen MR) is 106 cm³/mol. The van der Waals surface area contributed by atoms with Gasteiger partial charge in [0.15, 0.2) is 0 Å². The standard InChI is InChI=1S/C23H25NO2/c1-2-7-19(8-3-1)18-26-23-10-6-9-20-17-21(11-12-22(20)23)25-16-15-24-13-4-5-14-24/h1-3,6-12,17H,4-5,13-16,18H2. The van der Waals surface area contributed by atoms with Gasteiger partial charge < -0.3 is 9.47 Å². The molecule has 0 unspecified atom stereocenters. The monoisotopic (exact) mass is 347 g/mol. The first-order valence-electron chi connectivity index (χ1n) is 9.43. The summed E-state index contributed by atoms with van der Waals surface area (Å²) in [7, 11) is 0. The Hall–Kier alpha value is -2.52. The summed E-state index contributed by atoms with van der Waals surface area (Å²) in [5.74, 6) is 1.84. The zero-order chi connectivity index (χ0) is 17.6. The van der Waals surface area contributed by atoms with Gasteiger partial charge in [-0.05, 0) is 61.1 Å². The van der Waals surface area contributed by atoms with Gasteiger partial charge in [0.25, 0.3) is 0 Å². The van der Waals surface area contributed by atoms with Gasteiger partial charge in [-0.2, -0.15) is 0 Å². The normalized spacial score (nSPS) is 14.6. The van der Waals surface area contributed by atoms with E-state index in [0.29, 0.717) is 6.61 Å². The molecule has 0 spiro atoms. The molecule has 0 N–H and O–H groups in total. The van der Waals surface area contributed by atoms with E-state index < -0.39 is 0 Å². The number of likely N-dealkylation sites (tertiary alicyclic amines) is 1. The van der Waals surface area contributed by atoms with Gasteiger partial charge in [-0.3, -0.25) is 4.90 Å². The summed E-state index contributed by atoms with van der Waals surface area (Å²) in [4.78, 5) is 2.47. The molecule has 1 aliphatic heterocycles. The molecular formula is C23H25NO2. The van der Waals surface area contributed by atoms with E-state index in [-0.39, 0.29) is 0 Å². The van der Waals surface area contributed by atoms with Crippen LogP contribution in [0, 0.1) is 0 Å².